The summed E-state index contributed by atoms with van der Waals surface area (Å²) in [6.07, 6.45) is 15.3. The molecular weight excluding hydrogens is 234 g/mol. The van der Waals surface area contributed by atoms with Gasteiger partial charge in [0.1, 0.15) is 11.6 Å². The van der Waals surface area contributed by atoms with Gasteiger partial charge < -0.3 is 10.3 Å². The minimum Gasteiger partial charge on any atom is -0.384 e. The molecular formula is C16H25N3. The van der Waals surface area contributed by atoms with Crippen molar-refractivity contribution in [3.63, 3.8) is 0 Å². The van der Waals surface area contributed by atoms with Gasteiger partial charge in [0.2, 0.25) is 0 Å². The SMILES string of the molecule is C#CCn1c(C2CC2)nc(CCCCCCC)c1N. The maximum absolute atomic E-state index is 6.20. The van der Waals surface area contributed by atoms with Crippen LogP contribution in [0.4, 0.5) is 5.82 Å². The molecule has 0 atom stereocenters. The third-order valence-electron chi connectivity index (χ3n) is 3.82. The first-order valence-corrected chi connectivity index (χ1v) is 7.56. The second-order valence-corrected chi connectivity index (χ2v) is 5.53. The molecule has 1 aromatic heterocycles. The average molecular weight is 259 g/mol. The molecule has 1 saturated carbocycles. The molecule has 0 aromatic carbocycles. The monoisotopic (exact) mass is 259 g/mol. The van der Waals surface area contributed by atoms with Gasteiger partial charge in [0.25, 0.3) is 0 Å². The number of nitrogens with two attached hydrogens (primary N) is 1. The van der Waals surface area contributed by atoms with Gasteiger partial charge in [0.15, 0.2) is 0 Å². The molecule has 0 unspecified atom stereocenters. The summed E-state index contributed by atoms with van der Waals surface area (Å²) >= 11 is 0. The molecule has 0 amide bonds. The summed E-state index contributed by atoms with van der Waals surface area (Å²) in [6.45, 7) is 2.79. The van der Waals surface area contributed by atoms with Gasteiger partial charge in [-0.1, -0.05) is 38.5 Å². The maximum Gasteiger partial charge on any atom is 0.127 e. The molecule has 19 heavy (non-hydrogen) atoms. The van der Waals surface area contributed by atoms with E-state index in [9.17, 15) is 0 Å². The predicted molar refractivity (Wildman–Crippen MR) is 79.9 cm³/mol. The van der Waals surface area contributed by atoms with Crippen LogP contribution in [0.5, 0.6) is 0 Å². The second kappa shape index (κ2) is 6.65. The van der Waals surface area contributed by atoms with Crippen molar-refractivity contribution >= 4 is 5.82 Å². The van der Waals surface area contributed by atoms with Gasteiger partial charge in [-0.05, 0) is 25.7 Å². The Hall–Kier alpha value is -1.43. The highest BCUT2D eigenvalue weighted by atomic mass is 15.1. The van der Waals surface area contributed by atoms with E-state index in [-0.39, 0.29) is 0 Å². The topological polar surface area (TPSA) is 43.8 Å². The fraction of sp³-hybridized carbons (Fsp3) is 0.688. The van der Waals surface area contributed by atoms with Gasteiger partial charge in [0.05, 0.1) is 12.2 Å². The van der Waals surface area contributed by atoms with E-state index in [0.29, 0.717) is 12.5 Å². The Morgan fingerprint density at radius 2 is 2.05 bits per heavy atom. The largest absolute Gasteiger partial charge is 0.384 e. The third-order valence-corrected chi connectivity index (χ3v) is 3.82. The first-order chi connectivity index (χ1) is 9.27. The van der Waals surface area contributed by atoms with Crippen LogP contribution >= 0.6 is 0 Å². The summed E-state index contributed by atoms with van der Waals surface area (Å²) in [5.74, 6) is 5.21. The van der Waals surface area contributed by atoms with Crippen LogP contribution in [0, 0.1) is 12.3 Å². The Bertz CT molecular complexity index is 449. The molecule has 0 radical (unpaired) electrons. The molecule has 2 N–H and O–H groups in total. The summed E-state index contributed by atoms with van der Waals surface area (Å²) in [4.78, 5) is 4.75. The summed E-state index contributed by atoms with van der Waals surface area (Å²) in [5.41, 5.74) is 7.27. The average Bonchev–Trinajstić information content (AvgIpc) is 3.19. The molecule has 2 rings (SSSR count). The van der Waals surface area contributed by atoms with E-state index in [2.05, 4.69) is 12.8 Å². The lowest BCUT2D eigenvalue weighted by atomic mass is 10.1. The zero-order valence-corrected chi connectivity index (χ0v) is 12.0. The maximum atomic E-state index is 6.20. The molecule has 1 aliphatic rings. The van der Waals surface area contributed by atoms with Crippen molar-refractivity contribution in [3.8, 4) is 12.3 Å². The summed E-state index contributed by atoms with van der Waals surface area (Å²) < 4.78 is 2.04. The zero-order valence-electron chi connectivity index (χ0n) is 12.0. The molecule has 3 heteroatoms. The van der Waals surface area contributed by atoms with Crippen LogP contribution < -0.4 is 5.73 Å². The van der Waals surface area contributed by atoms with Crippen molar-refractivity contribution in [2.24, 2.45) is 0 Å². The van der Waals surface area contributed by atoms with E-state index < -0.39 is 0 Å². The number of aromatic nitrogens is 2. The van der Waals surface area contributed by atoms with Gasteiger partial charge in [-0.3, -0.25) is 0 Å². The lowest BCUT2D eigenvalue weighted by Crippen LogP contribution is -2.05. The van der Waals surface area contributed by atoms with Crippen LogP contribution in [0.1, 0.15) is 69.3 Å². The molecule has 1 fully saturated rings. The highest BCUT2D eigenvalue weighted by molar-refractivity contribution is 5.40. The number of nitrogens with zero attached hydrogens (tertiary/aromatic N) is 2. The smallest absolute Gasteiger partial charge is 0.127 e. The van der Waals surface area contributed by atoms with Crippen LogP contribution in [0.25, 0.3) is 0 Å². The van der Waals surface area contributed by atoms with Crippen LogP contribution in [-0.4, -0.2) is 9.55 Å². The molecule has 0 bridgehead atoms. The first-order valence-electron chi connectivity index (χ1n) is 7.56. The molecule has 0 aliphatic heterocycles. The highest BCUT2D eigenvalue weighted by Crippen LogP contribution is 2.40. The van der Waals surface area contributed by atoms with Gasteiger partial charge in [-0.25, -0.2) is 4.98 Å². The molecule has 1 heterocycles. The fourth-order valence-corrected chi connectivity index (χ4v) is 2.53. The van der Waals surface area contributed by atoms with Gasteiger partial charge in [-0.15, -0.1) is 6.42 Å². The van der Waals surface area contributed by atoms with E-state index >= 15 is 0 Å². The highest BCUT2D eigenvalue weighted by Gasteiger charge is 2.30. The molecule has 3 nitrogen and oxygen atoms in total. The number of anilines is 1. The summed E-state index contributed by atoms with van der Waals surface area (Å²) in [6, 6.07) is 0. The van der Waals surface area contributed by atoms with Crippen molar-refractivity contribution in [2.45, 2.75) is 70.8 Å². The molecule has 0 spiro atoms. The molecule has 0 saturated heterocycles. The van der Waals surface area contributed by atoms with Crippen LogP contribution in [-0.2, 0) is 13.0 Å². The predicted octanol–water partition coefficient (Wildman–Crippen LogP) is 3.49. The first kappa shape index (κ1) is 14.0. The summed E-state index contributed by atoms with van der Waals surface area (Å²) in [5, 5.41) is 0. The number of aryl methyl sites for hydroxylation is 1. The minimum absolute atomic E-state index is 0.556. The Balaban J connectivity index is 1.96. The van der Waals surface area contributed by atoms with E-state index in [1.54, 1.807) is 0 Å². The standard InChI is InChI=1S/C16H25N3/c1-3-5-6-7-8-9-14-15(17)19(12-4-2)16(18-14)13-10-11-13/h2,13H,3,5-12,17H2,1H3. The molecule has 104 valence electrons. The normalized spacial score (nSPS) is 14.5. The molecule has 1 aliphatic carbocycles. The quantitative estimate of drug-likeness (QED) is 0.573. The Labute approximate surface area is 116 Å². The Morgan fingerprint density at radius 3 is 2.68 bits per heavy atom. The van der Waals surface area contributed by atoms with Crippen molar-refractivity contribution < 1.29 is 0 Å². The van der Waals surface area contributed by atoms with Crippen LogP contribution in [0.3, 0.4) is 0 Å². The molecule has 1 aromatic rings. The van der Waals surface area contributed by atoms with E-state index in [0.717, 1.165) is 23.8 Å². The Kier molecular flexibility index (Phi) is 4.90. The second-order valence-electron chi connectivity index (χ2n) is 5.53. The van der Waals surface area contributed by atoms with Gasteiger partial charge in [0, 0.05) is 5.92 Å². The number of nitrogen functional groups attached to an aromatic ring is 1. The zero-order chi connectivity index (χ0) is 13.7. The fourth-order valence-electron chi connectivity index (χ4n) is 2.53. The van der Waals surface area contributed by atoms with Crippen molar-refractivity contribution in [1.29, 1.82) is 0 Å². The summed E-state index contributed by atoms with van der Waals surface area (Å²) in [7, 11) is 0. The van der Waals surface area contributed by atoms with Gasteiger partial charge in [-0.2, -0.15) is 0 Å². The number of imidazole rings is 1. The van der Waals surface area contributed by atoms with Crippen molar-refractivity contribution in [1.82, 2.24) is 9.55 Å². The number of terminal acetylenes is 1. The minimum atomic E-state index is 0.556. The van der Waals surface area contributed by atoms with E-state index in [4.69, 9.17) is 17.1 Å². The van der Waals surface area contributed by atoms with E-state index in [1.807, 2.05) is 4.57 Å². The Morgan fingerprint density at radius 1 is 1.32 bits per heavy atom. The lowest BCUT2D eigenvalue weighted by molar-refractivity contribution is 0.629. The van der Waals surface area contributed by atoms with Crippen molar-refractivity contribution in [2.75, 3.05) is 5.73 Å². The third kappa shape index (κ3) is 3.53. The van der Waals surface area contributed by atoms with Gasteiger partial charge >= 0.3 is 0 Å². The number of unbranched alkanes of at least 4 members (excludes halogenated alkanes) is 4. The van der Waals surface area contributed by atoms with Crippen LogP contribution in [0.2, 0.25) is 0 Å². The van der Waals surface area contributed by atoms with E-state index in [1.165, 1.54) is 44.9 Å². The lowest BCUT2D eigenvalue weighted by Gasteiger charge is -2.04. The number of hydrogen-bond donors (Lipinski definition) is 1. The van der Waals surface area contributed by atoms with Crippen molar-refractivity contribution in [3.05, 3.63) is 11.5 Å². The van der Waals surface area contributed by atoms with Crippen LogP contribution in [0.15, 0.2) is 0 Å². The number of hydrogen-bond acceptors (Lipinski definition) is 2. The number of rotatable bonds is 8.